The van der Waals surface area contributed by atoms with Gasteiger partial charge in [0.15, 0.2) is 0 Å². The molecule has 0 bridgehead atoms. The molecule has 0 N–H and O–H groups in total. The molecule has 3 aromatic heterocycles. The summed E-state index contributed by atoms with van der Waals surface area (Å²) < 4.78 is 7.08. The number of aromatic nitrogens is 3. The Labute approximate surface area is 305 Å². The molecule has 53 heavy (non-hydrogen) atoms. The van der Waals surface area contributed by atoms with E-state index in [1.807, 2.05) is 12.1 Å². The maximum absolute atomic E-state index is 10.2. The lowest BCUT2D eigenvalue weighted by molar-refractivity contribution is 1.09. The molecule has 8 aromatic carbocycles. The molecule has 0 spiro atoms. The van der Waals surface area contributed by atoms with Crippen LogP contribution in [0.4, 0.5) is 0 Å². The fourth-order valence-corrected chi connectivity index (χ4v) is 8.66. The van der Waals surface area contributed by atoms with Gasteiger partial charge in [-0.05, 0) is 77.9 Å². The van der Waals surface area contributed by atoms with Crippen molar-refractivity contribution in [2.45, 2.75) is 0 Å². The van der Waals surface area contributed by atoms with Gasteiger partial charge in [-0.15, -0.1) is 0 Å². The molecule has 4 nitrogen and oxygen atoms in total. The second-order valence-electron chi connectivity index (χ2n) is 13.7. The van der Waals surface area contributed by atoms with Crippen molar-refractivity contribution in [3.63, 3.8) is 0 Å². The fourth-order valence-electron chi connectivity index (χ4n) is 8.66. The van der Waals surface area contributed by atoms with Crippen LogP contribution in [0.15, 0.2) is 182 Å². The first-order valence-electron chi connectivity index (χ1n) is 17.9. The SMILES string of the molecule is N#Cc1ccc(-n2c3ccccc3c3ccccc32)c(-n2c3ccccc3c3c(-c4ccc5c6ccccc6n(-c6ccccc6)c5c4)cccc32)c1. The molecule has 3 heterocycles. The Balaban J connectivity index is 1.22. The van der Waals surface area contributed by atoms with Gasteiger partial charge in [-0.25, -0.2) is 0 Å². The van der Waals surface area contributed by atoms with Gasteiger partial charge in [0.1, 0.15) is 0 Å². The standard InChI is InChI=1S/C49H30N4/c50-31-32-25-28-45(52-42-21-9-5-15-36(42)37-16-6-10-22-43(37)52)48(29-32)53-44-23-11-7-18-40(44)49-35(19-12-24-46(49)53)33-26-27-39-38-17-4-8-20-41(38)51(47(39)30-33)34-13-2-1-3-14-34/h1-30H. The minimum Gasteiger partial charge on any atom is -0.309 e. The van der Waals surface area contributed by atoms with E-state index in [1.165, 1.54) is 43.5 Å². The zero-order valence-electron chi connectivity index (χ0n) is 28.6. The number of rotatable bonds is 4. The molecule has 246 valence electrons. The Morgan fingerprint density at radius 3 is 1.55 bits per heavy atom. The second-order valence-corrected chi connectivity index (χ2v) is 13.7. The molecule has 0 fully saturated rings. The molecule has 4 heteroatoms. The molecular formula is C49H30N4. The predicted octanol–water partition coefficient (Wildman–Crippen LogP) is 12.5. The highest BCUT2D eigenvalue weighted by Crippen LogP contribution is 2.43. The van der Waals surface area contributed by atoms with E-state index >= 15 is 0 Å². The van der Waals surface area contributed by atoms with Crippen molar-refractivity contribution in [1.29, 1.82) is 5.26 Å². The molecule has 0 aliphatic heterocycles. The summed E-state index contributed by atoms with van der Waals surface area (Å²) >= 11 is 0. The largest absolute Gasteiger partial charge is 0.309 e. The molecule has 0 saturated heterocycles. The van der Waals surface area contributed by atoms with Crippen LogP contribution in [0.25, 0.3) is 93.6 Å². The Morgan fingerprint density at radius 2 is 0.887 bits per heavy atom. The zero-order chi connectivity index (χ0) is 35.0. The Morgan fingerprint density at radius 1 is 0.358 bits per heavy atom. The van der Waals surface area contributed by atoms with Crippen molar-refractivity contribution >= 4 is 65.4 Å². The van der Waals surface area contributed by atoms with Crippen LogP contribution in [-0.4, -0.2) is 13.7 Å². The molecule has 0 aliphatic rings. The number of fused-ring (bicyclic) bond motifs is 9. The van der Waals surface area contributed by atoms with Crippen molar-refractivity contribution in [1.82, 2.24) is 13.7 Å². The summed E-state index contributed by atoms with van der Waals surface area (Å²) in [6.45, 7) is 0. The third-order valence-corrected chi connectivity index (χ3v) is 10.9. The number of hydrogen-bond acceptors (Lipinski definition) is 1. The highest BCUT2D eigenvalue weighted by Gasteiger charge is 2.22. The average Bonchev–Trinajstić information content (AvgIpc) is 3.86. The van der Waals surface area contributed by atoms with E-state index < -0.39 is 0 Å². The van der Waals surface area contributed by atoms with E-state index in [4.69, 9.17) is 0 Å². The van der Waals surface area contributed by atoms with Crippen molar-refractivity contribution < 1.29 is 0 Å². The number of para-hydroxylation sites is 5. The molecule has 0 aliphatic carbocycles. The summed E-state index contributed by atoms with van der Waals surface area (Å²) in [5.41, 5.74) is 12.8. The zero-order valence-corrected chi connectivity index (χ0v) is 28.6. The Kier molecular flexibility index (Phi) is 6.28. The number of benzene rings is 8. The highest BCUT2D eigenvalue weighted by atomic mass is 15.1. The first-order valence-corrected chi connectivity index (χ1v) is 17.9. The van der Waals surface area contributed by atoms with E-state index in [1.54, 1.807) is 0 Å². The van der Waals surface area contributed by atoms with Gasteiger partial charge in [-0.3, -0.25) is 0 Å². The van der Waals surface area contributed by atoms with Gasteiger partial charge in [-0.2, -0.15) is 5.26 Å². The lowest BCUT2D eigenvalue weighted by Crippen LogP contribution is -2.04. The molecular weight excluding hydrogens is 645 g/mol. The third-order valence-electron chi connectivity index (χ3n) is 10.9. The van der Waals surface area contributed by atoms with E-state index in [2.05, 4.69) is 190 Å². The maximum Gasteiger partial charge on any atom is 0.0992 e. The monoisotopic (exact) mass is 674 g/mol. The highest BCUT2D eigenvalue weighted by molar-refractivity contribution is 6.17. The van der Waals surface area contributed by atoms with Crippen LogP contribution in [0, 0.1) is 11.3 Å². The molecule has 0 atom stereocenters. The van der Waals surface area contributed by atoms with E-state index in [9.17, 15) is 5.26 Å². The van der Waals surface area contributed by atoms with Crippen LogP contribution in [0.2, 0.25) is 0 Å². The van der Waals surface area contributed by atoms with Crippen molar-refractivity contribution in [2.75, 3.05) is 0 Å². The predicted molar refractivity (Wildman–Crippen MR) is 220 cm³/mol. The first kappa shape index (κ1) is 29.4. The summed E-state index contributed by atoms with van der Waals surface area (Å²) in [6.07, 6.45) is 0. The topological polar surface area (TPSA) is 38.6 Å². The first-order chi connectivity index (χ1) is 26.3. The third kappa shape index (κ3) is 4.22. The summed E-state index contributed by atoms with van der Waals surface area (Å²) in [7, 11) is 0. The van der Waals surface area contributed by atoms with Crippen molar-refractivity contribution in [2.24, 2.45) is 0 Å². The maximum atomic E-state index is 10.2. The van der Waals surface area contributed by atoms with Crippen LogP contribution in [0.3, 0.4) is 0 Å². The van der Waals surface area contributed by atoms with Crippen LogP contribution >= 0.6 is 0 Å². The smallest absolute Gasteiger partial charge is 0.0992 e. The fraction of sp³-hybridized carbons (Fsp3) is 0. The van der Waals surface area contributed by atoms with Gasteiger partial charge in [0, 0.05) is 38.0 Å². The second kappa shape index (κ2) is 11.3. The lowest BCUT2D eigenvalue weighted by Gasteiger charge is -2.17. The summed E-state index contributed by atoms with van der Waals surface area (Å²) in [5, 5.41) is 17.4. The van der Waals surface area contributed by atoms with Gasteiger partial charge in [0.05, 0.1) is 56.1 Å². The van der Waals surface area contributed by atoms with Crippen LogP contribution < -0.4 is 0 Å². The normalized spacial score (nSPS) is 11.8. The Bertz CT molecular complexity index is 3240. The van der Waals surface area contributed by atoms with Crippen molar-refractivity contribution in [3.8, 4) is 34.3 Å². The number of hydrogen-bond donors (Lipinski definition) is 0. The van der Waals surface area contributed by atoms with Gasteiger partial charge in [0.2, 0.25) is 0 Å². The molecule has 0 saturated carbocycles. The average molecular weight is 675 g/mol. The van der Waals surface area contributed by atoms with Gasteiger partial charge < -0.3 is 13.7 Å². The molecule has 11 rings (SSSR count). The molecule has 11 aromatic rings. The van der Waals surface area contributed by atoms with Crippen LogP contribution in [-0.2, 0) is 0 Å². The minimum absolute atomic E-state index is 0.616. The van der Waals surface area contributed by atoms with Gasteiger partial charge >= 0.3 is 0 Å². The van der Waals surface area contributed by atoms with Crippen molar-refractivity contribution in [3.05, 3.63) is 188 Å². The summed E-state index contributed by atoms with van der Waals surface area (Å²) in [6, 6.07) is 67.1. The molecule has 0 amide bonds. The molecule has 0 radical (unpaired) electrons. The quantitative estimate of drug-likeness (QED) is 0.183. The van der Waals surface area contributed by atoms with Crippen LogP contribution in [0.5, 0.6) is 0 Å². The van der Waals surface area contributed by atoms with Crippen LogP contribution in [0.1, 0.15) is 5.56 Å². The van der Waals surface area contributed by atoms with E-state index in [-0.39, 0.29) is 0 Å². The number of nitrogens with zero attached hydrogens (tertiary/aromatic N) is 4. The number of nitriles is 1. The van der Waals surface area contributed by atoms with E-state index in [0.29, 0.717) is 5.56 Å². The lowest BCUT2D eigenvalue weighted by atomic mass is 9.98. The van der Waals surface area contributed by atoms with Gasteiger partial charge in [-0.1, -0.05) is 115 Å². The minimum atomic E-state index is 0.616. The summed E-state index contributed by atoms with van der Waals surface area (Å²) in [5.74, 6) is 0. The van der Waals surface area contributed by atoms with Gasteiger partial charge in [0.25, 0.3) is 0 Å². The van der Waals surface area contributed by atoms with E-state index in [0.717, 1.165) is 50.1 Å². The summed E-state index contributed by atoms with van der Waals surface area (Å²) in [4.78, 5) is 0. The molecule has 0 unspecified atom stereocenters. The Hall–Kier alpha value is -7.35.